The first-order chi connectivity index (χ1) is 16.3. The van der Waals surface area contributed by atoms with Gasteiger partial charge in [-0.05, 0) is 58.3 Å². The molecule has 0 spiro atoms. The Morgan fingerprint density at radius 2 is 1.44 bits per heavy atom. The minimum absolute atomic E-state index is 0.00766. The minimum Gasteiger partial charge on any atom is -0.773 e. The summed E-state index contributed by atoms with van der Waals surface area (Å²) < 4.78 is 28.0. The monoisotopic (exact) mass is 525 g/mol. The van der Waals surface area contributed by atoms with Gasteiger partial charge in [-0.15, -0.1) is 0 Å². The summed E-state index contributed by atoms with van der Waals surface area (Å²) in [4.78, 5) is 15.3. The fourth-order valence-corrected chi connectivity index (χ4v) is 2.32. The van der Waals surface area contributed by atoms with Gasteiger partial charge < -0.3 is 13.8 Å². The molecule has 0 N–H and O–H groups in total. The lowest BCUT2D eigenvalue weighted by Crippen LogP contribution is -2.25. The van der Waals surface area contributed by atoms with Gasteiger partial charge in [-0.3, -0.25) is 9.00 Å². The highest BCUT2D eigenvalue weighted by Gasteiger charge is 2.23. The maximum Gasteiger partial charge on any atom is 0.311 e. The summed E-state index contributed by atoms with van der Waals surface area (Å²) in [5, 5.41) is 3.85. The van der Waals surface area contributed by atoms with Crippen LogP contribution in [0.4, 0.5) is 0 Å². The van der Waals surface area contributed by atoms with Crippen LogP contribution in [0.25, 0.3) is 0 Å². The standard InChI is InChI=1S/C11H16.C8H14N2O.C8H16O2.CH4O2S/c1-11(2,3)9-10-7-5-4-6-8-10;1-5(2)7-9-8(6(3)4)11-10-7;1-6(2)10-7(9)8(3,4)5;1-4(2)3/h4-8H,9H2,1-3H3;5-6H,1-4H3;6H,1-5H3;1H3,(H,2,3)/p-1. The highest BCUT2D eigenvalue weighted by Crippen LogP contribution is 2.20. The number of benzene rings is 1. The highest BCUT2D eigenvalue weighted by molar-refractivity contribution is 7.78. The molecule has 1 aromatic heterocycles. The van der Waals surface area contributed by atoms with Crippen molar-refractivity contribution in [3.8, 4) is 0 Å². The Morgan fingerprint density at radius 1 is 0.972 bits per heavy atom. The molecule has 0 bridgehead atoms. The van der Waals surface area contributed by atoms with Crippen molar-refractivity contribution in [3.05, 3.63) is 47.6 Å². The van der Waals surface area contributed by atoms with Crippen LogP contribution < -0.4 is 0 Å². The van der Waals surface area contributed by atoms with Crippen LogP contribution in [0.1, 0.15) is 112 Å². The average molecular weight is 526 g/mol. The molecule has 36 heavy (non-hydrogen) atoms. The Bertz CT molecular complexity index is 838. The highest BCUT2D eigenvalue weighted by atomic mass is 32.2. The van der Waals surface area contributed by atoms with Gasteiger partial charge in [0, 0.05) is 11.8 Å². The van der Waals surface area contributed by atoms with Crippen molar-refractivity contribution in [1.29, 1.82) is 0 Å². The summed E-state index contributed by atoms with van der Waals surface area (Å²) in [6.07, 6.45) is 2.24. The van der Waals surface area contributed by atoms with Gasteiger partial charge in [0.25, 0.3) is 0 Å². The fourth-order valence-electron chi connectivity index (χ4n) is 2.32. The van der Waals surface area contributed by atoms with Gasteiger partial charge in [0.05, 0.1) is 11.5 Å². The molecular weight excluding hydrogens is 476 g/mol. The predicted molar refractivity (Wildman–Crippen MR) is 148 cm³/mol. The lowest BCUT2D eigenvalue weighted by molar-refractivity contribution is -0.156. The number of hydrogen-bond donors (Lipinski definition) is 0. The summed E-state index contributed by atoms with van der Waals surface area (Å²) in [6, 6.07) is 10.6. The second-order valence-electron chi connectivity index (χ2n) is 11.6. The van der Waals surface area contributed by atoms with Crippen LogP contribution in [0.3, 0.4) is 0 Å². The third-order valence-electron chi connectivity index (χ3n) is 4.00. The Kier molecular flexibility index (Phi) is 17.5. The largest absolute Gasteiger partial charge is 0.773 e. The van der Waals surface area contributed by atoms with Crippen LogP contribution >= 0.6 is 0 Å². The van der Waals surface area contributed by atoms with Crippen molar-refractivity contribution in [2.45, 2.75) is 107 Å². The second kappa shape index (κ2) is 17.4. The van der Waals surface area contributed by atoms with Gasteiger partial charge in [-0.2, -0.15) is 4.98 Å². The number of ether oxygens (including phenoxy) is 1. The molecule has 2 aromatic rings. The molecule has 0 aliphatic heterocycles. The molecule has 208 valence electrons. The minimum atomic E-state index is -1.86. The van der Waals surface area contributed by atoms with E-state index in [0.29, 0.717) is 17.3 Å². The number of aromatic nitrogens is 2. The van der Waals surface area contributed by atoms with E-state index in [1.165, 1.54) is 5.56 Å². The van der Waals surface area contributed by atoms with Crippen LogP contribution in [-0.4, -0.2) is 37.2 Å². The van der Waals surface area contributed by atoms with Gasteiger partial charge in [-0.1, -0.05) is 95.0 Å². The van der Waals surface area contributed by atoms with Gasteiger partial charge in [-0.25, -0.2) is 0 Å². The van der Waals surface area contributed by atoms with Crippen molar-refractivity contribution in [1.82, 2.24) is 10.1 Å². The number of carbonyl (C=O) groups excluding carboxylic acids is 1. The smallest absolute Gasteiger partial charge is 0.311 e. The molecule has 0 fully saturated rings. The topological polar surface area (TPSA) is 105 Å². The normalized spacial score (nSPS) is 12.0. The van der Waals surface area contributed by atoms with E-state index in [0.717, 1.165) is 24.4 Å². The molecule has 8 heteroatoms. The van der Waals surface area contributed by atoms with E-state index in [-0.39, 0.29) is 17.5 Å². The third kappa shape index (κ3) is 21.2. The van der Waals surface area contributed by atoms with Crippen molar-refractivity contribution < 1.29 is 22.8 Å². The predicted octanol–water partition coefficient (Wildman–Crippen LogP) is 7.07. The van der Waals surface area contributed by atoms with E-state index < -0.39 is 11.1 Å². The summed E-state index contributed by atoms with van der Waals surface area (Å²) in [6.45, 7) is 24.2. The molecule has 1 unspecified atom stereocenters. The van der Waals surface area contributed by atoms with Crippen LogP contribution in [0, 0.1) is 10.8 Å². The molecule has 0 saturated heterocycles. The van der Waals surface area contributed by atoms with Crippen LogP contribution in [0.5, 0.6) is 0 Å². The number of carbonyl (C=O) groups is 1. The lowest BCUT2D eigenvalue weighted by atomic mass is 9.88. The third-order valence-corrected chi connectivity index (χ3v) is 4.00. The van der Waals surface area contributed by atoms with Crippen LogP contribution in [0.2, 0.25) is 0 Å². The molecule has 1 atom stereocenters. The summed E-state index contributed by atoms with van der Waals surface area (Å²) in [7, 11) is 0. The maximum atomic E-state index is 11.1. The maximum absolute atomic E-state index is 11.1. The number of nitrogens with zero attached hydrogens (tertiary/aromatic N) is 2. The SMILES string of the molecule is CC(C)(C)Cc1ccccc1.CC(C)OC(=O)C(C)(C)C.CC(C)c1noc(C(C)C)n1.CS(=O)[O-]. The van der Waals surface area contributed by atoms with Crippen LogP contribution in [-0.2, 0) is 27.0 Å². The molecular formula is C28H49N2O5S-. The molecule has 0 saturated carbocycles. The second-order valence-corrected chi connectivity index (χ2v) is 12.4. The summed E-state index contributed by atoms with van der Waals surface area (Å²) >= 11 is -1.86. The van der Waals surface area contributed by atoms with E-state index in [4.69, 9.17) is 18.0 Å². The molecule has 0 aliphatic rings. The number of hydrogen-bond acceptors (Lipinski definition) is 7. The van der Waals surface area contributed by atoms with Gasteiger partial charge in [0.1, 0.15) is 0 Å². The molecule has 1 aromatic carbocycles. The first-order valence-electron chi connectivity index (χ1n) is 12.4. The Labute approximate surface area is 222 Å². The molecule has 2 rings (SSSR count). The number of rotatable bonds is 4. The van der Waals surface area contributed by atoms with E-state index in [2.05, 4.69) is 75.1 Å². The van der Waals surface area contributed by atoms with E-state index in [9.17, 15) is 4.79 Å². The van der Waals surface area contributed by atoms with Gasteiger partial charge in [0.2, 0.25) is 5.89 Å². The van der Waals surface area contributed by atoms with Crippen molar-refractivity contribution >= 4 is 17.0 Å². The summed E-state index contributed by atoms with van der Waals surface area (Å²) in [5.41, 5.74) is 1.46. The zero-order valence-corrected chi connectivity index (χ0v) is 25.5. The molecule has 1 heterocycles. The summed E-state index contributed by atoms with van der Waals surface area (Å²) in [5.74, 6) is 2.08. The quantitative estimate of drug-likeness (QED) is 0.310. The van der Waals surface area contributed by atoms with E-state index in [1.54, 1.807) is 0 Å². The molecule has 7 nitrogen and oxygen atoms in total. The van der Waals surface area contributed by atoms with Crippen molar-refractivity contribution in [3.63, 3.8) is 0 Å². The number of esters is 1. The first-order valence-corrected chi connectivity index (χ1v) is 13.8. The average Bonchev–Trinajstić information content (AvgIpc) is 3.18. The molecule has 0 aliphatic carbocycles. The first kappa shape index (κ1) is 36.1. The van der Waals surface area contributed by atoms with Gasteiger partial charge in [0.15, 0.2) is 5.82 Å². The van der Waals surface area contributed by atoms with Gasteiger partial charge >= 0.3 is 5.97 Å². The fraction of sp³-hybridized carbons (Fsp3) is 0.679. The van der Waals surface area contributed by atoms with E-state index >= 15 is 0 Å². The zero-order valence-electron chi connectivity index (χ0n) is 24.7. The van der Waals surface area contributed by atoms with Crippen molar-refractivity contribution in [2.75, 3.05) is 6.26 Å². The zero-order chi connectivity index (χ0) is 28.7. The molecule has 0 amide bonds. The Balaban J connectivity index is 0. The Morgan fingerprint density at radius 3 is 1.69 bits per heavy atom. The molecule has 0 radical (unpaired) electrons. The lowest BCUT2D eigenvalue weighted by Gasteiger charge is -2.18. The van der Waals surface area contributed by atoms with Crippen LogP contribution in [0.15, 0.2) is 34.9 Å². The van der Waals surface area contributed by atoms with Crippen molar-refractivity contribution in [2.24, 2.45) is 10.8 Å². The Hall–Kier alpha value is -2.06. The van der Waals surface area contributed by atoms with E-state index in [1.807, 2.05) is 48.5 Å².